The number of nitrogens with zero attached hydrogens (tertiary/aromatic N) is 2. The number of rotatable bonds is 2. The Morgan fingerprint density at radius 1 is 1.44 bits per heavy atom. The van der Waals surface area contributed by atoms with Crippen molar-refractivity contribution in [2.45, 2.75) is 5.41 Å². The lowest BCUT2D eigenvalue weighted by molar-refractivity contribution is -0.0314. The molecule has 2 aromatic rings. The number of nitriles is 1. The third-order valence-electron chi connectivity index (χ3n) is 2.98. The Hall–Kier alpha value is -1.22. The van der Waals surface area contributed by atoms with Crippen molar-refractivity contribution < 1.29 is 4.74 Å². The Kier molecular flexibility index (Phi) is 2.94. The van der Waals surface area contributed by atoms with Crippen LogP contribution in [0.5, 0.6) is 0 Å². The van der Waals surface area contributed by atoms with Crippen molar-refractivity contribution in [3.8, 4) is 16.6 Å². The minimum Gasteiger partial charge on any atom is -0.377 e. The SMILES string of the molecule is N#CC1(c2csc(-c3cccc(Br)c3)n2)COC1. The molecule has 1 aromatic heterocycles. The molecule has 5 heteroatoms. The van der Waals surface area contributed by atoms with Gasteiger partial charge in [0.15, 0.2) is 0 Å². The topological polar surface area (TPSA) is 45.9 Å². The molecule has 2 heterocycles. The molecule has 90 valence electrons. The molecule has 0 atom stereocenters. The van der Waals surface area contributed by atoms with Gasteiger partial charge in [-0.1, -0.05) is 28.1 Å². The summed E-state index contributed by atoms with van der Waals surface area (Å²) < 4.78 is 6.18. The van der Waals surface area contributed by atoms with Gasteiger partial charge in [-0.3, -0.25) is 0 Å². The zero-order valence-electron chi connectivity index (χ0n) is 9.39. The zero-order valence-corrected chi connectivity index (χ0v) is 11.8. The summed E-state index contributed by atoms with van der Waals surface area (Å²) in [5.74, 6) is 0. The first-order valence-electron chi connectivity index (χ1n) is 5.44. The van der Waals surface area contributed by atoms with Crippen molar-refractivity contribution >= 4 is 27.3 Å². The van der Waals surface area contributed by atoms with E-state index in [0.717, 1.165) is 20.7 Å². The van der Waals surface area contributed by atoms with Crippen LogP contribution in [-0.2, 0) is 10.2 Å². The number of benzene rings is 1. The molecule has 1 aromatic carbocycles. The second-order valence-corrected chi connectivity index (χ2v) is 6.01. The maximum absolute atomic E-state index is 9.24. The van der Waals surface area contributed by atoms with Crippen LogP contribution in [0.4, 0.5) is 0 Å². The Morgan fingerprint density at radius 2 is 2.28 bits per heavy atom. The summed E-state index contributed by atoms with van der Waals surface area (Å²) in [6.07, 6.45) is 0. The van der Waals surface area contributed by atoms with Crippen LogP contribution in [0.15, 0.2) is 34.1 Å². The minimum atomic E-state index is -0.527. The predicted octanol–water partition coefficient (Wildman–Crippen LogP) is 3.36. The summed E-state index contributed by atoms with van der Waals surface area (Å²) in [7, 11) is 0. The van der Waals surface area contributed by atoms with Crippen LogP contribution in [0.2, 0.25) is 0 Å². The summed E-state index contributed by atoms with van der Waals surface area (Å²) in [4.78, 5) is 4.58. The molecule has 0 unspecified atom stereocenters. The van der Waals surface area contributed by atoms with Gasteiger partial charge in [0.1, 0.15) is 10.4 Å². The quantitative estimate of drug-likeness (QED) is 0.852. The molecule has 0 saturated carbocycles. The molecule has 3 nitrogen and oxygen atoms in total. The normalized spacial score (nSPS) is 16.9. The van der Waals surface area contributed by atoms with Gasteiger partial charge < -0.3 is 4.74 Å². The van der Waals surface area contributed by atoms with Crippen molar-refractivity contribution in [1.29, 1.82) is 5.26 Å². The van der Waals surface area contributed by atoms with Crippen LogP contribution in [0.3, 0.4) is 0 Å². The lowest BCUT2D eigenvalue weighted by atomic mass is 9.85. The van der Waals surface area contributed by atoms with E-state index in [1.165, 1.54) is 0 Å². The molecular weight excluding hydrogens is 312 g/mol. The van der Waals surface area contributed by atoms with Crippen molar-refractivity contribution in [1.82, 2.24) is 4.98 Å². The largest absolute Gasteiger partial charge is 0.377 e. The van der Waals surface area contributed by atoms with Crippen molar-refractivity contribution in [2.24, 2.45) is 0 Å². The minimum absolute atomic E-state index is 0.450. The van der Waals surface area contributed by atoms with E-state index in [4.69, 9.17) is 4.74 Å². The molecule has 0 radical (unpaired) electrons. The first-order valence-corrected chi connectivity index (χ1v) is 7.12. The Morgan fingerprint density at radius 3 is 2.89 bits per heavy atom. The molecule has 3 rings (SSSR count). The summed E-state index contributed by atoms with van der Waals surface area (Å²) in [6.45, 7) is 0.899. The van der Waals surface area contributed by atoms with Crippen LogP contribution in [-0.4, -0.2) is 18.2 Å². The summed E-state index contributed by atoms with van der Waals surface area (Å²) in [5.41, 5.74) is 1.37. The molecule has 0 amide bonds. The van der Waals surface area contributed by atoms with Crippen LogP contribution in [0.25, 0.3) is 10.6 Å². The maximum Gasteiger partial charge on any atom is 0.146 e. The van der Waals surface area contributed by atoms with Gasteiger partial charge in [0, 0.05) is 15.4 Å². The van der Waals surface area contributed by atoms with E-state index in [1.807, 2.05) is 29.6 Å². The third-order valence-corrected chi connectivity index (χ3v) is 4.36. The van der Waals surface area contributed by atoms with E-state index in [0.29, 0.717) is 13.2 Å². The molecule has 0 aliphatic carbocycles. The first-order chi connectivity index (χ1) is 8.73. The number of hydrogen-bond acceptors (Lipinski definition) is 4. The zero-order chi connectivity index (χ0) is 12.6. The van der Waals surface area contributed by atoms with Gasteiger partial charge in [-0.25, -0.2) is 4.98 Å². The first kappa shape index (κ1) is 11.8. The number of thiazole rings is 1. The van der Waals surface area contributed by atoms with E-state index >= 15 is 0 Å². The second-order valence-electron chi connectivity index (χ2n) is 4.23. The van der Waals surface area contributed by atoms with Gasteiger partial charge in [0.25, 0.3) is 0 Å². The Balaban J connectivity index is 1.97. The number of aromatic nitrogens is 1. The highest BCUT2D eigenvalue weighted by Crippen LogP contribution is 2.35. The van der Waals surface area contributed by atoms with Gasteiger partial charge in [-0.15, -0.1) is 11.3 Å². The van der Waals surface area contributed by atoms with Gasteiger partial charge >= 0.3 is 0 Å². The Bertz CT molecular complexity index is 628. The smallest absolute Gasteiger partial charge is 0.146 e. The predicted molar refractivity (Wildman–Crippen MR) is 73.4 cm³/mol. The fraction of sp³-hybridized carbons (Fsp3) is 0.231. The van der Waals surface area contributed by atoms with Gasteiger partial charge in [-0.2, -0.15) is 5.26 Å². The van der Waals surface area contributed by atoms with Crippen LogP contribution in [0.1, 0.15) is 5.69 Å². The standard InChI is InChI=1S/C13H9BrN2OS/c14-10-3-1-2-9(4-10)12-16-11(5-18-12)13(6-15)7-17-8-13/h1-5H,7-8H2. The van der Waals surface area contributed by atoms with Crippen molar-refractivity contribution in [3.05, 3.63) is 39.8 Å². The Labute approximate surface area is 117 Å². The highest BCUT2D eigenvalue weighted by molar-refractivity contribution is 9.10. The number of halogens is 1. The highest BCUT2D eigenvalue weighted by atomic mass is 79.9. The molecule has 1 saturated heterocycles. The van der Waals surface area contributed by atoms with Crippen LogP contribution in [0, 0.1) is 11.3 Å². The summed E-state index contributed by atoms with van der Waals surface area (Å²) >= 11 is 5.01. The molecule has 1 aliphatic rings. The molecule has 1 aliphatic heterocycles. The fourth-order valence-electron chi connectivity index (χ4n) is 1.82. The molecule has 18 heavy (non-hydrogen) atoms. The monoisotopic (exact) mass is 320 g/mol. The number of hydrogen-bond donors (Lipinski definition) is 0. The van der Waals surface area contributed by atoms with E-state index < -0.39 is 5.41 Å². The van der Waals surface area contributed by atoms with E-state index in [9.17, 15) is 5.26 Å². The van der Waals surface area contributed by atoms with E-state index in [-0.39, 0.29) is 0 Å². The van der Waals surface area contributed by atoms with Crippen molar-refractivity contribution in [3.63, 3.8) is 0 Å². The van der Waals surface area contributed by atoms with Gasteiger partial charge in [0.05, 0.1) is 25.0 Å². The fourth-order valence-corrected chi connectivity index (χ4v) is 3.14. The van der Waals surface area contributed by atoms with E-state index in [1.54, 1.807) is 11.3 Å². The third kappa shape index (κ3) is 1.87. The van der Waals surface area contributed by atoms with E-state index in [2.05, 4.69) is 27.0 Å². The molecule has 0 N–H and O–H groups in total. The van der Waals surface area contributed by atoms with Crippen molar-refractivity contribution in [2.75, 3.05) is 13.2 Å². The average Bonchev–Trinajstić information content (AvgIpc) is 2.78. The van der Waals surface area contributed by atoms with Crippen LogP contribution >= 0.6 is 27.3 Å². The van der Waals surface area contributed by atoms with Gasteiger partial charge in [-0.05, 0) is 12.1 Å². The highest BCUT2D eigenvalue weighted by Gasteiger charge is 2.43. The summed E-state index contributed by atoms with van der Waals surface area (Å²) in [5, 5.41) is 12.1. The maximum atomic E-state index is 9.24. The average molecular weight is 321 g/mol. The molecular formula is C13H9BrN2OS. The molecule has 1 fully saturated rings. The molecule has 0 bridgehead atoms. The lowest BCUT2D eigenvalue weighted by Crippen LogP contribution is -2.45. The van der Waals surface area contributed by atoms with Gasteiger partial charge in [0.2, 0.25) is 0 Å². The second kappa shape index (κ2) is 4.47. The summed E-state index contributed by atoms with van der Waals surface area (Å²) in [6, 6.07) is 10.3. The lowest BCUT2D eigenvalue weighted by Gasteiger charge is -2.33. The molecule has 0 spiro atoms. The van der Waals surface area contributed by atoms with Crippen LogP contribution < -0.4 is 0 Å². The number of ether oxygens (including phenoxy) is 1.